The Balaban J connectivity index is 4.18. The van der Waals surface area contributed by atoms with Crippen molar-refractivity contribution in [1.82, 2.24) is 5.32 Å². The van der Waals surface area contributed by atoms with E-state index < -0.39 is 18.1 Å². The number of carbonyl (C=O) groups excluding carboxylic acids is 1. The Hall–Kier alpha value is -1.36. The summed E-state index contributed by atoms with van der Waals surface area (Å²) in [5, 5.41) is 11.2. The van der Waals surface area contributed by atoms with Crippen molar-refractivity contribution in [3.05, 3.63) is 12.2 Å². The van der Waals surface area contributed by atoms with Crippen molar-refractivity contribution in [1.29, 1.82) is 0 Å². The quantitative estimate of drug-likeness (QED) is 0.357. The molecule has 0 heterocycles. The van der Waals surface area contributed by atoms with Gasteiger partial charge >= 0.3 is 5.97 Å². The molecule has 1 atom stereocenters. The van der Waals surface area contributed by atoms with Crippen LogP contribution in [-0.4, -0.2) is 29.8 Å². The molecular weight excluding hydrogens is 234 g/mol. The lowest BCUT2D eigenvalue weighted by Crippen LogP contribution is -2.43. The highest BCUT2D eigenvalue weighted by molar-refractivity contribution is 5.94. The summed E-state index contributed by atoms with van der Waals surface area (Å²) in [5.74, 6) is -1.64. The van der Waals surface area contributed by atoms with Gasteiger partial charge in [0.2, 0.25) is 12.1 Å². The van der Waals surface area contributed by atoms with E-state index in [9.17, 15) is 9.59 Å². The number of carboxylic acids is 1. The zero-order chi connectivity index (χ0) is 14.0. The molecule has 0 radical (unpaired) electrons. The Kier molecular flexibility index (Phi) is 8.92. The van der Waals surface area contributed by atoms with Crippen LogP contribution in [0.3, 0.4) is 0 Å². The monoisotopic (exact) mass is 257 g/mol. The van der Waals surface area contributed by atoms with E-state index in [1.807, 2.05) is 13.8 Å². The van der Waals surface area contributed by atoms with Gasteiger partial charge in [0, 0.05) is 12.2 Å². The van der Waals surface area contributed by atoms with Crippen LogP contribution in [0.4, 0.5) is 0 Å². The minimum Gasteiger partial charge on any atom is -0.478 e. The van der Waals surface area contributed by atoms with E-state index in [2.05, 4.69) is 11.9 Å². The summed E-state index contributed by atoms with van der Waals surface area (Å²) < 4.78 is 5.10. The van der Waals surface area contributed by atoms with Gasteiger partial charge in [-0.1, -0.05) is 33.3 Å². The normalized spacial score (nSPS) is 11.9. The molecule has 0 rings (SSSR count). The maximum absolute atomic E-state index is 11.6. The van der Waals surface area contributed by atoms with Gasteiger partial charge in [-0.3, -0.25) is 4.79 Å². The Morgan fingerprint density at radius 1 is 1.28 bits per heavy atom. The first kappa shape index (κ1) is 16.6. The number of unbranched alkanes of at least 4 members (excludes halogenated alkanes) is 2. The van der Waals surface area contributed by atoms with E-state index in [0.29, 0.717) is 18.6 Å². The maximum Gasteiger partial charge on any atom is 0.354 e. The first-order valence-corrected chi connectivity index (χ1v) is 6.35. The summed E-state index contributed by atoms with van der Waals surface area (Å²) in [6.07, 6.45) is 2.77. The number of carbonyl (C=O) groups is 2. The van der Waals surface area contributed by atoms with Crippen LogP contribution in [-0.2, 0) is 14.3 Å². The smallest absolute Gasteiger partial charge is 0.354 e. The standard InChI is InChI=1S/C13H23NO4/c1-4-6-8-10(3)11(15)14-12(13(16)17)18-9-7-5-2/h12H,3-9H2,1-2H3,(H,14,15)(H,16,17). The zero-order valence-corrected chi connectivity index (χ0v) is 11.2. The second-order valence-electron chi connectivity index (χ2n) is 4.12. The van der Waals surface area contributed by atoms with E-state index in [4.69, 9.17) is 9.84 Å². The first-order chi connectivity index (χ1) is 8.52. The molecule has 1 unspecified atom stereocenters. The van der Waals surface area contributed by atoms with Crippen LogP contribution in [0.1, 0.15) is 46.0 Å². The van der Waals surface area contributed by atoms with E-state index in [0.717, 1.165) is 25.7 Å². The molecule has 18 heavy (non-hydrogen) atoms. The lowest BCUT2D eigenvalue weighted by Gasteiger charge is -2.16. The summed E-state index contributed by atoms with van der Waals surface area (Å²) in [5.41, 5.74) is 0.391. The maximum atomic E-state index is 11.6. The number of carboxylic acid groups (broad SMARTS) is 1. The van der Waals surface area contributed by atoms with Gasteiger partial charge in [-0.15, -0.1) is 0 Å². The topological polar surface area (TPSA) is 75.6 Å². The molecular formula is C13H23NO4. The summed E-state index contributed by atoms with van der Waals surface area (Å²) in [7, 11) is 0. The number of hydrogen-bond acceptors (Lipinski definition) is 3. The Morgan fingerprint density at radius 3 is 2.39 bits per heavy atom. The van der Waals surface area contributed by atoms with E-state index in [1.165, 1.54) is 0 Å². The van der Waals surface area contributed by atoms with Crippen LogP contribution < -0.4 is 5.32 Å². The number of aliphatic carboxylic acids is 1. The molecule has 104 valence electrons. The van der Waals surface area contributed by atoms with Crippen LogP contribution in [0.25, 0.3) is 0 Å². The van der Waals surface area contributed by atoms with Crippen LogP contribution in [0, 0.1) is 0 Å². The second-order valence-corrected chi connectivity index (χ2v) is 4.12. The first-order valence-electron chi connectivity index (χ1n) is 6.35. The van der Waals surface area contributed by atoms with E-state index in [1.54, 1.807) is 0 Å². The third kappa shape index (κ3) is 7.06. The molecule has 0 aromatic heterocycles. The molecule has 0 spiro atoms. The molecule has 1 amide bonds. The van der Waals surface area contributed by atoms with Gasteiger partial charge in [0.25, 0.3) is 0 Å². The average molecular weight is 257 g/mol. The molecule has 0 bridgehead atoms. The van der Waals surface area contributed by atoms with Crippen LogP contribution >= 0.6 is 0 Å². The van der Waals surface area contributed by atoms with Gasteiger partial charge in [-0.25, -0.2) is 4.79 Å². The van der Waals surface area contributed by atoms with E-state index >= 15 is 0 Å². The summed E-state index contributed by atoms with van der Waals surface area (Å²) in [4.78, 5) is 22.5. The van der Waals surface area contributed by atoms with Gasteiger partial charge in [-0.05, 0) is 19.3 Å². The highest BCUT2D eigenvalue weighted by Crippen LogP contribution is 2.05. The summed E-state index contributed by atoms with van der Waals surface area (Å²) in [6.45, 7) is 7.94. The predicted octanol–water partition coefficient (Wildman–Crippen LogP) is 2.08. The average Bonchev–Trinajstić information content (AvgIpc) is 2.34. The number of ether oxygens (including phenoxy) is 1. The van der Waals surface area contributed by atoms with Gasteiger partial charge in [-0.2, -0.15) is 0 Å². The highest BCUT2D eigenvalue weighted by atomic mass is 16.5. The third-order valence-corrected chi connectivity index (χ3v) is 2.42. The van der Waals surface area contributed by atoms with Gasteiger partial charge in [0.1, 0.15) is 0 Å². The highest BCUT2D eigenvalue weighted by Gasteiger charge is 2.21. The Bertz CT molecular complexity index is 289. The van der Waals surface area contributed by atoms with Gasteiger partial charge in [0.15, 0.2) is 0 Å². The van der Waals surface area contributed by atoms with Crippen LogP contribution in [0.2, 0.25) is 0 Å². The predicted molar refractivity (Wildman–Crippen MR) is 69.1 cm³/mol. The Labute approximate surface area is 108 Å². The minimum atomic E-state index is -1.29. The SMILES string of the molecule is C=C(CCCC)C(=O)NC(OCCCC)C(=O)O. The minimum absolute atomic E-state index is 0.315. The summed E-state index contributed by atoms with van der Waals surface area (Å²) >= 11 is 0. The number of hydrogen-bond donors (Lipinski definition) is 2. The molecule has 5 heteroatoms. The number of amides is 1. The molecule has 2 N–H and O–H groups in total. The number of rotatable bonds is 10. The molecule has 0 aliphatic heterocycles. The molecule has 0 fully saturated rings. The fraction of sp³-hybridized carbons (Fsp3) is 0.692. The molecule has 0 aromatic rings. The summed E-state index contributed by atoms with van der Waals surface area (Å²) in [6, 6.07) is 0. The van der Waals surface area contributed by atoms with Crippen molar-refractivity contribution in [3.8, 4) is 0 Å². The molecule has 0 saturated heterocycles. The van der Waals surface area contributed by atoms with Crippen molar-refractivity contribution in [2.75, 3.05) is 6.61 Å². The molecule has 0 aliphatic rings. The molecule has 0 saturated carbocycles. The number of nitrogens with one attached hydrogen (secondary N) is 1. The molecule has 0 aliphatic carbocycles. The van der Waals surface area contributed by atoms with E-state index in [-0.39, 0.29) is 0 Å². The largest absolute Gasteiger partial charge is 0.478 e. The van der Waals surface area contributed by atoms with Crippen molar-refractivity contribution in [2.45, 2.75) is 52.2 Å². The second kappa shape index (κ2) is 9.65. The van der Waals surface area contributed by atoms with Crippen molar-refractivity contribution in [2.24, 2.45) is 0 Å². The molecule has 5 nitrogen and oxygen atoms in total. The fourth-order valence-corrected chi connectivity index (χ4v) is 1.25. The molecule has 0 aromatic carbocycles. The lowest BCUT2D eigenvalue weighted by atomic mass is 10.1. The third-order valence-electron chi connectivity index (χ3n) is 2.42. The van der Waals surface area contributed by atoms with Crippen molar-refractivity contribution >= 4 is 11.9 Å². The van der Waals surface area contributed by atoms with Crippen LogP contribution in [0.5, 0.6) is 0 Å². The zero-order valence-electron chi connectivity index (χ0n) is 11.2. The van der Waals surface area contributed by atoms with Crippen molar-refractivity contribution in [3.63, 3.8) is 0 Å². The van der Waals surface area contributed by atoms with Gasteiger partial charge < -0.3 is 15.2 Å². The Morgan fingerprint density at radius 2 is 1.89 bits per heavy atom. The van der Waals surface area contributed by atoms with Crippen LogP contribution in [0.15, 0.2) is 12.2 Å². The van der Waals surface area contributed by atoms with Gasteiger partial charge in [0.05, 0.1) is 0 Å². The lowest BCUT2D eigenvalue weighted by molar-refractivity contribution is -0.155. The fourth-order valence-electron chi connectivity index (χ4n) is 1.25. The van der Waals surface area contributed by atoms with Crippen molar-refractivity contribution < 1.29 is 19.4 Å².